The number of nitrogens with one attached hydrogen (secondary N) is 1. The van der Waals surface area contributed by atoms with Gasteiger partial charge in [0, 0.05) is 10.3 Å². The molecular formula is C20H24N2O3S. The van der Waals surface area contributed by atoms with Gasteiger partial charge in [0.2, 0.25) is 0 Å². The first-order valence-electron chi connectivity index (χ1n) is 9.30. The molecule has 5 nitrogen and oxygen atoms in total. The summed E-state index contributed by atoms with van der Waals surface area (Å²) in [4.78, 5) is 39.5. The van der Waals surface area contributed by atoms with Crippen LogP contribution in [0, 0.1) is 17.8 Å². The van der Waals surface area contributed by atoms with Gasteiger partial charge < -0.3 is 0 Å². The molecule has 0 saturated carbocycles. The highest BCUT2D eigenvalue weighted by atomic mass is 32.1. The van der Waals surface area contributed by atoms with E-state index >= 15 is 0 Å². The quantitative estimate of drug-likeness (QED) is 0.640. The van der Waals surface area contributed by atoms with E-state index in [9.17, 15) is 14.4 Å². The Morgan fingerprint density at radius 1 is 1.12 bits per heavy atom. The van der Waals surface area contributed by atoms with Gasteiger partial charge >= 0.3 is 0 Å². The number of thiophene rings is 1. The summed E-state index contributed by atoms with van der Waals surface area (Å²) in [6.07, 6.45) is 4.18. The molecule has 138 valence electrons. The molecule has 0 bridgehead atoms. The Morgan fingerprint density at radius 2 is 1.73 bits per heavy atom. The first kappa shape index (κ1) is 17.5. The summed E-state index contributed by atoms with van der Waals surface area (Å²) >= 11 is 1.61. The summed E-state index contributed by atoms with van der Waals surface area (Å²) in [7, 11) is 0. The van der Waals surface area contributed by atoms with Crippen LogP contribution in [0.2, 0.25) is 0 Å². The van der Waals surface area contributed by atoms with Crippen molar-refractivity contribution in [2.45, 2.75) is 52.9 Å². The number of allylic oxidation sites excluding steroid dienone is 2. The fourth-order valence-electron chi connectivity index (χ4n) is 4.39. The molecule has 1 N–H and O–H groups in total. The number of amides is 3. The molecule has 3 amide bonds. The van der Waals surface area contributed by atoms with Crippen molar-refractivity contribution in [1.29, 1.82) is 0 Å². The molecule has 1 fully saturated rings. The van der Waals surface area contributed by atoms with Crippen LogP contribution in [0.5, 0.6) is 0 Å². The fraction of sp³-hybridized carbons (Fsp3) is 0.550. The Hall–Kier alpha value is -1.95. The first-order chi connectivity index (χ1) is 12.4. The van der Waals surface area contributed by atoms with E-state index in [1.54, 1.807) is 11.3 Å². The van der Waals surface area contributed by atoms with Crippen molar-refractivity contribution in [2.24, 2.45) is 17.8 Å². The molecule has 3 aliphatic rings. The van der Waals surface area contributed by atoms with Crippen LogP contribution < -0.4 is 5.43 Å². The van der Waals surface area contributed by atoms with Gasteiger partial charge in [-0.15, -0.1) is 11.3 Å². The lowest BCUT2D eigenvalue weighted by molar-refractivity contribution is -0.142. The van der Waals surface area contributed by atoms with Crippen LogP contribution in [0.1, 0.15) is 60.8 Å². The lowest BCUT2D eigenvalue weighted by Crippen LogP contribution is -2.46. The summed E-state index contributed by atoms with van der Waals surface area (Å²) in [5.41, 5.74) is 6.69. The van der Waals surface area contributed by atoms with Crippen molar-refractivity contribution >= 4 is 29.1 Å². The van der Waals surface area contributed by atoms with E-state index in [2.05, 4.69) is 12.3 Å². The Labute approximate surface area is 157 Å². The van der Waals surface area contributed by atoms with Crippen LogP contribution >= 0.6 is 11.3 Å². The average molecular weight is 372 g/mol. The zero-order valence-corrected chi connectivity index (χ0v) is 16.2. The second-order valence-electron chi connectivity index (χ2n) is 8.03. The van der Waals surface area contributed by atoms with Gasteiger partial charge in [0.15, 0.2) is 0 Å². The first-order valence-corrected chi connectivity index (χ1v) is 10.2. The van der Waals surface area contributed by atoms with Crippen molar-refractivity contribution in [2.75, 3.05) is 0 Å². The Balaban J connectivity index is 1.53. The third-order valence-corrected chi connectivity index (χ3v) is 7.25. The van der Waals surface area contributed by atoms with Crippen molar-refractivity contribution < 1.29 is 14.4 Å². The zero-order chi connectivity index (χ0) is 18.6. The molecule has 0 unspecified atom stereocenters. The van der Waals surface area contributed by atoms with Crippen molar-refractivity contribution in [3.63, 3.8) is 0 Å². The normalized spacial score (nSPS) is 28.3. The predicted octanol–water partition coefficient (Wildman–Crippen LogP) is 3.25. The third kappa shape index (κ3) is 2.71. The molecular weight excluding hydrogens is 348 g/mol. The number of fused-ring (bicyclic) bond motifs is 2. The number of carbonyl (C=O) groups is 3. The Kier molecular flexibility index (Phi) is 4.26. The van der Waals surface area contributed by atoms with E-state index in [1.807, 2.05) is 19.2 Å². The van der Waals surface area contributed by atoms with Crippen LogP contribution in [-0.4, -0.2) is 22.7 Å². The molecule has 26 heavy (non-hydrogen) atoms. The van der Waals surface area contributed by atoms with E-state index in [0.29, 0.717) is 24.3 Å². The number of hydrogen-bond donors (Lipinski definition) is 1. The molecule has 0 spiro atoms. The highest BCUT2D eigenvalue weighted by Gasteiger charge is 2.50. The second kappa shape index (κ2) is 6.34. The summed E-state index contributed by atoms with van der Waals surface area (Å²) in [6.45, 7) is 6.26. The van der Waals surface area contributed by atoms with Gasteiger partial charge in [0.1, 0.15) is 0 Å². The summed E-state index contributed by atoms with van der Waals surface area (Å²) in [5.74, 6) is -0.886. The maximum Gasteiger partial charge on any atom is 0.271 e. The van der Waals surface area contributed by atoms with Gasteiger partial charge in [0.25, 0.3) is 17.7 Å². The highest BCUT2D eigenvalue weighted by Crippen LogP contribution is 2.40. The molecule has 3 atom stereocenters. The van der Waals surface area contributed by atoms with E-state index in [1.165, 1.54) is 16.0 Å². The average Bonchev–Trinajstić information content (AvgIpc) is 3.11. The standard InChI is InChI=1S/C20H24N2O3S/c1-10-4-5-13-16(9-26-17(13)6-10)18(23)21-22-19(24)14-7-11(2)12(3)8-15(14)20(22)25/h9-10,14-15H,4-8H2,1-3H3,(H,21,23)/t10-,14+,15+/m1/s1. The van der Waals surface area contributed by atoms with Crippen LogP contribution in [0.25, 0.3) is 0 Å². The van der Waals surface area contributed by atoms with Crippen LogP contribution in [0.3, 0.4) is 0 Å². The minimum absolute atomic E-state index is 0.266. The smallest absolute Gasteiger partial charge is 0.271 e. The Morgan fingerprint density at radius 3 is 2.35 bits per heavy atom. The van der Waals surface area contributed by atoms with E-state index in [-0.39, 0.29) is 29.6 Å². The van der Waals surface area contributed by atoms with Crippen LogP contribution in [-0.2, 0) is 22.4 Å². The summed E-state index contributed by atoms with van der Waals surface area (Å²) < 4.78 is 0. The van der Waals surface area contributed by atoms with Gasteiger partial charge in [-0.3, -0.25) is 19.8 Å². The molecule has 6 heteroatoms. The van der Waals surface area contributed by atoms with Gasteiger partial charge in [-0.25, -0.2) is 0 Å². The van der Waals surface area contributed by atoms with Gasteiger partial charge in [0.05, 0.1) is 17.4 Å². The van der Waals surface area contributed by atoms with Gasteiger partial charge in [-0.05, 0) is 57.4 Å². The van der Waals surface area contributed by atoms with E-state index in [0.717, 1.165) is 29.8 Å². The van der Waals surface area contributed by atoms with E-state index < -0.39 is 0 Å². The summed E-state index contributed by atoms with van der Waals surface area (Å²) in [5, 5.41) is 2.85. The molecule has 1 aliphatic heterocycles. The predicted molar refractivity (Wildman–Crippen MR) is 99.4 cm³/mol. The second-order valence-corrected chi connectivity index (χ2v) is 9.00. The maximum atomic E-state index is 12.8. The molecule has 1 aromatic rings. The SMILES string of the molecule is CC1=C(C)C[C@@H]2C(=O)N(NC(=O)c3csc4c3CC[C@@H](C)C4)C(=O)[C@H]2C1. The van der Waals surface area contributed by atoms with Crippen molar-refractivity contribution in [3.8, 4) is 0 Å². The van der Waals surface area contributed by atoms with Crippen LogP contribution in [0.4, 0.5) is 0 Å². The molecule has 1 aromatic heterocycles. The minimum Gasteiger partial charge on any atom is -0.272 e. The molecule has 0 radical (unpaired) electrons. The van der Waals surface area contributed by atoms with Crippen molar-refractivity contribution in [3.05, 3.63) is 32.5 Å². The molecule has 4 rings (SSSR count). The van der Waals surface area contributed by atoms with Crippen LogP contribution in [0.15, 0.2) is 16.5 Å². The fourth-order valence-corrected chi connectivity index (χ4v) is 5.64. The summed E-state index contributed by atoms with van der Waals surface area (Å²) in [6, 6.07) is 0. The molecule has 2 aliphatic carbocycles. The molecule has 0 aromatic carbocycles. The number of rotatable bonds is 2. The number of imide groups is 1. The monoisotopic (exact) mass is 372 g/mol. The largest absolute Gasteiger partial charge is 0.272 e. The number of hydrogen-bond acceptors (Lipinski definition) is 4. The maximum absolute atomic E-state index is 12.8. The highest BCUT2D eigenvalue weighted by molar-refractivity contribution is 7.10. The van der Waals surface area contributed by atoms with Crippen molar-refractivity contribution in [1.82, 2.24) is 10.4 Å². The molecule has 2 heterocycles. The van der Waals surface area contributed by atoms with Gasteiger partial charge in [-0.1, -0.05) is 18.1 Å². The van der Waals surface area contributed by atoms with Gasteiger partial charge in [-0.2, -0.15) is 5.01 Å². The molecule has 1 saturated heterocycles. The minimum atomic E-state index is -0.334. The number of carbonyl (C=O) groups excluding carboxylic acids is 3. The zero-order valence-electron chi connectivity index (χ0n) is 15.4. The number of hydrazine groups is 1. The van der Waals surface area contributed by atoms with E-state index in [4.69, 9.17) is 0 Å². The topological polar surface area (TPSA) is 66.5 Å². The lowest BCUT2D eigenvalue weighted by Gasteiger charge is -2.23. The Bertz CT molecular complexity index is 806. The third-order valence-electron chi connectivity index (χ3n) is 6.20. The number of nitrogens with zero attached hydrogens (tertiary/aromatic N) is 1. The lowest BCUT2D eigenvalue weighted by atomic mass is 9.78.